The molecule has 0 unspecified atom stereocenters. The molecule has 0 aliphatic carbocycles. The molecule has 4 nitrogen and oxygen atoms in total. The molecule has 0 radical (unpaired) electrons. The van der Waals surface area contributed by atoms with Crippen LogP contribution in [-0.4, -0.2) is 50.4 Å². The Hall–Kier alpha value is -1.67. The number of ether oxygens (including phenoxy) is 3. The zero-order chi connectivity index (χ0) is 18.6. The summed E-state index contributed by atoms with van der Waals surface area (Å²) in [6.07, 6.45) is 7.85. The van der Waals surface area contributed by atoms with Crippen molar-refractivity contribution in [2.75, 3.05) is 33.0 Å². The van der Waals surface area contributed by atoms with Crippen molar-refractivity contribution in [1.82, 2.24) is 0 Å². The molecule has 1 aromatic carbocycles. The van der Waals surface area contributed by atoms with E-state index in [-0.39, 0.29) is 11.2 Å². The number of rotatable bonds is 12. The molecule has 0 amide bonds. The maximum atomic E-state index is 5.93. The predicted octanol–water partition coefficient (Wildman–Crippen LogP) is 3.74. The van der Waals surface area contributed by atoms with Gasteiger partial charge in [0, 0.05) is 6.21 Å². The third-order valence-electron chi connectivity index (χ3n) is 3.59. The monoisotopic (exact) mass is 345 g/mol. The third-order valence-corrected chi connectivity index (χ3v) is 3.59. The second-order valence-electron chi connectivity index (χ2n) is 7.11. The number of aliphatic imine (C=N–C) groups is 1. The summed E-state index contributed by atoms with van der Waals surface area (Å²) < 4.78 is 17.2. The zero-order valence-corrected chi connectivity index (χ0v) is 16.0. The lowest BCUT2D eigenvalue weighted by molar-refractivity contribution is -0.0952. The molecule has 0 saturated heterocycles. The van der Waals surface area contributed by atoms with E-state index in [4.69, 9.17) is 20.6 Å². The van der Waals surface area contributed by atoms with Crippen molar-refractivity contribution in [3.8, 4) is 12.3 Å². The van der Waals surface area contributed by atoms with Crippen molar-refractivity contribution in [2.45, 2.75) is 45.3 Å². The van der Waals surface area contributed by atoms with Gasteiger partial charge >= 0.3 is 0 Å². The molecule has 0 saturated carbocycles. The summed E-state index contributed by atoms with van der Waals surface area (Å²) in [6, 6.07) is 10.1. The quantitative estimate of drug-likeness (QED) is 0.329. The van der Waals surface area contributed by atoms with Gasteiger partial charge in [0.05, 0.1) is 37.6 Å². The van der Waals surface area contributed by atoms with Crippen LogP contribution < -0.4 is 0 Å². The maximum Gasteiger partial charge on any atom is 0.107 e. The van der Waals surface area contributed by atoms with Crippen LogP contribution in [0.1, 0.15) is 39.7 Å². The van der Waals surface area contributed by atoms with Crippen molar-refractivity contribution >= 4 is 6.21 Å². The molecule has 4 heteroatoms. The van der Waals surface area contributed by atoms with Crippen LogP contribution in [0.25, 0.3) is 0 Å². The molecular weight excluding hydrogens is 314 g/mol. The van der Waals surface area contributed by atoms with Crippen LogP contribution in [-0.2, 0) is 14.2 Å². The van der Waals surface area contributed by atoms with Crippen molar-refractivity contribution in [2.24, 2.45) is 4.99 Å². The summed E-state index contributed by atoms with van der Waals surface area (Å²) in [5.41, 5.74) is 0.495. The highest BCUT2D eigenvalue weighted by molar-refractivity contribution is 5.79. The lowest BCUT2D eigenvalue weighted by Crippen LogP contribution is -2.34. The average molecular weight is 345 g/mol. The predicted molar refractivity (Wildman–Crippen MR) is 103 cm³/mol. The first-order valence-corrected chi connectivity index (χ1v) is 8.69. The van der Waals surface area contributed by atoms with Gasteiger partial charge in [-0.2, -0.15) is 0 Å². The minimum atomic E-state index is -0.354. The van der Waals surface area contributed by atoms with Gasteiger partial charge in [0.25, 0.3) is 0 Å². The minimum Gasteiger partial charge on any atom is -0.374 e. The van der Waals surface area contributed by atoms with Crippen LogP contribution in [0.5, 0.6) is 0 Å². The van der Waals surface area contributed by atoms with E-state index >= 15 is 0 Å². The molecule has 138 valence electrons. The number of nitrogens with zero attached hydrogens (tertiary/aromatic N) is 1. The SMILES string of the molecule is C#CCOCC(C)(C)OCCC(C)(C)OCCN=Cc1ccccc1. The number of hydrogen-bond acceptors (Lipinski definition) is 4. The average Bonchev–Trinajstić information content (AvgIpc) is 2.55. The van der Waals surface area contributed by atoms with Crippen LogP contribution in [0.4, 0.5) is 0 Å². The van der Waals surface area contributed by atoms with Gasteiger partial charge in [-0.25, -0.2) is 0 Å². The number of benzene rings is 1. The number of hydrogen-bond donors (Lipinski definition) is 0. The summed E-state index contributed by atoms with van der Waals surface area (Å²) in [4.78, 5) is 4.39. The van der Waals surface area contributed by atoms with Crippen molar-refractivity contribution in [3.05, 3.63) is 35.9 Å². The molecule has 0 aliphatic rings. The van der Waals surface area contributed by atoms with Gasteiger partial charge in [-0.05, 0) is 39.7 Å². The topological polar surface area (TPSA) is 40.0 Å². The molecule has 25 heavy (non-hydrogen) atoms. The van der Waals surface area contributed by atoms with E-state index in [0.29, 0.717) is 33.0 Å². The molecule has 0 fully saturated rings. The highest BCUT2D eigenvalue weighted by Gasteiger charge is 2.22. The number of terminal acetylenes is 1. The molecular formula is C21H31NO3. The normalized spacial score (nSPS) is 12.4. The fourth-order valence-electron chi connectivity index (χ4n) is 2.13. The van der Waals surface area contributed by atoms with E-state index in [0.717, 1.165) is 12.0 Å². The second kappa shape index (κ2) is 11.0. The standard InChI is InChI=1S/C21H31NO3/c1-6-14-23-18-21(4,5)24-15-12-20(2,3)25-16-13-22-17-19-10-8-7-9-11-19/h1,7-11,17H,12-16,18H2,2-5H3. The Morgan fingerprint density at radius 3 is 2.40 bits per heavy atom. The van der Waals surface area contributed by atoms with Crippen molar-refractivity contribution in [1.29, 1.82) is 0 Å². The highest BCUT2D eigenvalue weighted by atomic mass is 16.5. The molecule has 0 aromatic heterocycles. The first-order valence-electron chi connectivity index (χ1n) is 8.69. The molecule has 0 aliphatic heterocycles. The van der Waals surface area contributed by atoms with Crippen LogP contribution in [0.2, 0.25) is 0 Å². The van der Waals surface area contributed by atoms with Gasteiger partial charge in [-0.15, -0.1) is 6.42 Å². The lowest BCUT2D eigenvalue weighted by atomic mass is 10.1. The first kappa shape index (κ1) is 21.4. The second-order valence-corrected chi connectivity index (χ2v) is 7.11. The van der Waals surface area contributed by atoms with Gasteiger partial charge in [0.1, 0.15) is 6.61 Å². The largest absolute Gasteiger partial charge is 0.374 e. The van der Waals surface area contributed by atoms with Crippen LogP contribution in [0.15, 0.2) is 35.3 Å². The minimum absolute atomic E-state index is 0.252. The Morgan fingerprint density at radius 2 is 1.72 bits per heavy atom. The van der Waals surface area contributed by atoms with E-state index in [2.05, 4.69) is 24.8 Å². The third kappa shape index (κ3) is 10.7. The molecule has 0 heterocycles. The summed E-state index contributed by atoms with van der Waals surface area (Å²) in [5, 5.41) is 0. The zero-order valence-electron chi connectivity index (χ0n) is 16.0. The molecule has 0 spiro atoms. The Balaban J connectivity index is 2.20. The molecule has 0 bridgehead atoms. The van der Waals surface area contributed by atoms with E-state index in [1.54, 1.807) is 0 Å². The van der Waals surface area contributed by atoms with Crippen LogP contribution in [0.3, 0.4) is 0 Å². The van der Waals surface area contributed by atoms with Crippen LogP contribution in [0, 0.1) is 12.3 Å². The fourth-order valence-corrected chi connectivity index (χ4v) is 2.13. The van der Waals surface area contributed by atoms with Gasteiger partial charge in [0.15, 0.2) is 0 Å². The smallest absolute Gasteiger partial charge is 0.107 e. The lowest BCUT2D eigenvalue weighted by Gasteiger charge is -2.29. The Labute approximate surface area is 152 Å². The van der Waals surface area contributed by atoms with Crippen LogP contribution >= 0.6 is 0 Å². The van der Waals surface area contributed by atoms with Gasteiger partial charge in [-0.1, -0.05) is 36.3 Å². The van der Waals surface area contributed by atoms with Crippen molar-refractivity contribution < 1.29 is 14.2 Å². The summed E-state index contributed by atoms with van der Waals surface area (Å²) in [7, 11) is 0. The summed E-state index contributed by atoms with van der Waals surface area (Å²) in [5.74, 6) is 2.46. The summed E-state index contributed by atoms with van der Waals surface area (Å²) >= 11 is 0. The fraction of sp³-hybridized carbons (Fsp3) is 0.571. The van der Waals surface area contributed by atoms with E-state index in [1.165, 1.54) is 0 Å². The van der Waals surface area contributed by atoms with E-state index < -0.39 is 0 Å². The van der Waals surface area contributed by atoms with Crippen molar-refractivity contribution in [3.63, 3.8) is 0 Å². The van der Waals surface area contributed by atoms with Gasteiger partial charge in [0.2, 0.25) is 0 Å². The molecule has 0 atom stereocenters. The van der Waals surface area contributed by atoms with E-state index in [9.17, 15) is 0 Å². The van der Waals surface area contributed by atoms with Gasteiger partial charge < -0.3 is 14.2 Å². The summed E-state index contributed by atoms with van der Waals surface area (Å²) in [6.45, 7) is 10.8. The molecule has 1 aromatic rings. The first-order chi connectivity index (χ1) is 11.8. The highest BCUT2D eigenvalue weighted by Crippen LogP contribution is 2.17. The van der Waals surface area contributed by atoms with Gasteiger partial charge in [-0.3, -0.25) is 4.99 Å². The van der Waals surface area contributed by atoms with E-state index in [1.807, 2.05) is 50.4 Å². The molecule has 1 rings (SSSR count). The maximum absolute atomic E-state index is 5.93. The Morgan fingerprint density at radius 1 is 1.04 bits per heavy atom. The Kier molecular flexibility index (Phi) is 9.44. The Bertz CT molecular complexity index is 544. The molecule has 0 N–H and O–H groups in total.